The van der Waals surface area contributed by atoms with Gasteiger partial charge in [0.2, 0.25) is 0 Å². The summed E-state index contributed by atoms with van der Waals surface area (Å²) in [5, 5.41) is 10.7. The quantitative estimate of drug-likeness (QED) is 0.330. The molecule has 10 heteroatoms. The maximum absolute atomic E-state index is 12.0. The molecule has 0 spiro atoms. The van der Waals surface area contributed by atoms with Crippen LogP contribution in [0.3, 0.4) is 0 Å². The molecule has 126 valence electrons. The first-order valence-corrected chi connectivity index (χ1v) is 8.55. The molecule has 0 atom stereocenters. The number of likely N-dealkylation sites (N-methyl/N-ethyl adjacent to an activating group) is 1. The molecule has 2 rings (SSSR count). The largest absolute Gasteiger partial charge is 0.480 e. The number of barbiturate groups is 1. The molecule has 1 heterocycles. The third kappa shape index (κ3) is 4.03. The van der Waals surface area contributed by atoms with Crippen molar-refractivity contribution in [2.45, 2.75) is 0 Å². The molecule has 0 aromatic heterocycles. The molecule has 1 aromatic carbocycles. The molecular weight excluding hydrogens is 546 g/mol. The first-order chi connectivity index (χ1) is 11.2. The first-order valence-electron chi connectivity index (χ1n) is 6.39. The van der Waals surface area contributed by atoms with E-state index in [1.165, 1.54) is 13.1 Å². The zero-order valence-electron chi connectivity index (χ0n) is 12.1. The second-order valence-electron chi connectivity index (χ2n) is 4.68. The highest BCUT2D eigenvalue weighted by molar-refractivity contribution is 14.1. The third-order valence-corrected chi connectivity index (χ3v) is 4.58. The predicted molar refractivity (Wildman–Crippen MR) is 99.3 cm³/mol. The van der Waals surface area contributed by atoms with Crippen LogP contribution < -0.4 is 10.1 Å². The minimum atomic E-state index is -1.09. The smallest absolute Gasteiger partial charge is 0.341 e. The predicted octanol–water partition coefficient (Wildman–Crippen LogP) is 1.45. The van der Waals surface area contributed by atoms with Crippen molar-refractivity contribution in [2.24, 2.45) is 0 Å². The Morgan fingerprint density at radius 2 is 1.88 bits per heavy atom. The number of rotatable bonds is 4. The summed E-state index contributed by atoms with van der Waals surface area (Å²) >= 11 is 3.94. The van der Waals surface area contributed by atoms with E-state index in [4.69, 9.17) is 9.84 Å². The van der Waals surface area contributed by atoms with E-state index in [0.717, 1.165) is 4.90 Å². The van der Waals surface area contributed by atoms with Crippen molar-refractivity contribution in [3.8, 4) is 5.75 Å². The number of benzene rings is 1. The summed E-state index contributed by atoms with van der Waals surface area (Å²) in [6, 6.07) is 2.51. The van der Waals surface area contributed by atoms with E-state index in [1.54, 1.807) is 12.1 Å². The monoisotopic (exact) mass is 556 g/mol. The van der Waals surface area contributed by atoms with Crippen LogP contribution in [0.2, 0.25) is 0 Å². The Balaban J connectivity index is 2.36. The highest BCUT2D eigenvalue weighted by atomic mass is 127. The molecule has 1 aromatic rings. The number of nitrogens with one attached hydrogen (secondary N) is 1. The molecule has 1 fully saturated rings. The summed E-state index contributed by atoms with van der Waals surface area (Å²) in [6.45, 7) is -0.472. The SMILES string of the molecule is CN1C(=O)NC(=O)/C(=C/c2cc(I)c(OCC(=O)O)c(I)c2)C1=O. The van der Waals surface area contributed by atoms with Gasteiger partial charge < -0.3 is 9.84 Å². The van der Waals surface area contributed by atoms with Crippen LogP contribution in [-0.4, -0.2) is 47.5 Å². The van der Waals surface area contributed by atoms with Crippen molar-refractivity contribution in [1.29, 1.82) is 0 Å². The van der Waals surface area contributed by atoms with Crippen molar-refractivity contribution < 1.29 is 29.0 Å². The van der Waals surface area contributed by atoms with Gasteiger partial charge in [0, 0.05) is 7.05 Å². The van der Waals surface area contributed by atoms with E-state index >= 15 is 0 Å². The summed E-state index contributed by atoms with van der Waals surface area (Å²) in [6.07, 6.45) is 1.37. The second kappa shape index (κ2) is 7.46. The van der Waals surface area contributed by atoms with Crippen LogP contribution in [0.5, 0.6) is 5.75 Å². The molecule has 0 unspecified atom stereocenters. The molecule has 1 aliphatic rings. The Morgan fingerprint density at radius 3 is 2.42 bits per heavy atom. The van der Waals surface area contributed by atoms with Crippen LogP contribution in [0.4, 0.5) is 4.79 Å². The molecule has 24 heavy (non-hydrogen) atoms. The van der Waals surface area contributed by atoms with E-state index in [9.17, 15) is 19.2 Å². The highest BCUT2D eigenvalue weighted by Gasteiger charge is 2.33. The van der Waals surface area contributed by atoms with E-state index < -0.39 is 30.4 Å². The Labute approximate surface area is 163 Å². The number of carbonyl (C=O) groups excluding carboxylic acids is 3. The molecule has 2 N–H and O–H groups in total. The first kappa shape index (κ1) is 18.6. The van der Waals surface area contributed by atoms with Crippen LogP contribution in [0, 0.1) is 7.14 Å². The van der Waals surface area contributed by atoms with Gasteiger partial charge in [-0.1, -0.05) is 0 Å². The standard InChI is InChI=1S/C14H10I2N2O6/c1-18-13(22)7(12(21)17-14(18)23)2-6-3-8(15)11(9(16)4-6)24-5-10(19)20/h2-4H,5H2,1H3,(H,19,20)(H,17,21,23)/b7-2-. The van der Waals surface area contributed by atoms with Gasteiger partial charge in [0.25, 0.3) is 11.8 Å². The van der Waals surface area contributed by atoms with Gasteiger partial charge in [-0.05, 0) is 69.0 Å². The average molecular weight is 556 g/mol. The summed E-state index contributed by atoms with van der Waals surface area (Å²) in [5.74, 6) is -2.14. The molecule has 8 nitrogen and oxygen atoms in total. The lowest BCUT2D eigenvalue weighted by Gasteiger charge is -2.22. The topological polar surface area (TPSA) is 113 Å². The van der Waals surface area contributed by atoms with Crippen molar-refractivity contribution in [3.63, 3.8) is 0 Å². The zero-order valence-corrected chi connectivity index (χ0v) is 16.4. The van der Waals surface area contributed by atoms with Crippen LogP contribution in [0.25, 0.3) is 6.08 Å². The summed E-state index contributed by atoms with van der Waals surface area (Å²) in [5.41, 5.74) is 0.385. The van der Waals surface area contributed by atoms with Crippen LogP contribution in [0.15, 0.2) is 17.7 Å². The summed E-state index contributed by atoms with van der Waals surface area (Å²) in [4.78, 5) is 46.7. The Hall–Kier alpha value is -1.70. The van der Waals surface area contributed by atoms with E-state index in [2.05, 4.69) is 5.32 Å². The van der Waals surface area contributed by atoms with Gasteiger partial charge >= 0.3 is 12.0 Å². The van der Waals surface area contributed by atoms with Crippen LogP contribution in [0.1, 0.15) is 5.56 Å². The molecule has 0 saturated carbocycles. The number of carbonyl (C=O) groups is 4. The van der Waals surface area contributed by atoms with Gasteiger partial charge in [-0.2, -0.15) is 0 Å². The fourth-order valence-corrected chi connectivity index (χ4v) is 3.97. The number of ether oxygens (including phenoxy) is 1. The number of aliphatic carboxylic acids is 1. The Morgan fingerprint density at radius 1 is 1.29 bits per heavy atom. The highest BCUT2D eigenvalue weighted by Crippen LogP contribution is 2.30. The maximum atomic E-state index is 12.0. The minimum absolute atomic E-state index is 0.164. The van der Waals surface area contributed by atoms with Crippen molar-refractivity contribution >= 4 is 75.1 Å². The van der Waals surface area contributed by atoms with Crippen molar-refractivity contribution in [1.82, 2.24) is 10.2 Å². The number of hydrogen-bond donors (Lipinski definition) is 2. The summed E-state index contributed by atoms with van der Waals surface area (Å²) < 4.78 is 6.46. The van der Waals surface area contributed by atoms with Crippen LogP contribution >= 0.6 is 45.2 Å². The molecule has 0 bridgehead atoms. The van der Waals surface area contributed by atoms with Crippen molar-refractivity contribution in [3.05, 3.63) is 30.4 Å². The fraction of sp³-hybridized carbons (Fsp3) is 0.143. The molecule has 4 amide bonds. The number of nitrogens with zero attached hydrogens (tertiary/aromatic N) is 1. The number of carboxylic acid groups (broad SMARTS) is 1. The number of amides is 4. The number of imide groups is 2. The molecule has 0 radical (unpaired) electrons. The lowest BCUT2D eigenvalue weighted by Crippen LogP contribution is -2.52. The lowest BCUT2D eigenvalue weighted by molar-refractivity contribution is -0.139. The normalized spacial score (nSPS) is 16.4. The third-order valence-electron chi connectivity index (χ3n) is 2.98. The van der Waals surface area contributed by atoms with E-state index in [-0.39, 0.29) is 5.57 Å². The van der Waals surface area contributed by atoms with Gasteiger partial charge in [0.1, 0.15) is 11.3 Å². The zero-order chi connectivity index (χ0) is 18.0. The number of carboxylic acids is 1. The van der Waals surface area contributed by atoms with Gasteiger partial charge in [-0.15, -0.1) is 0 Å². The van der Waals surface area contributed by atoms with E-state index in [1.807, 2.05) is 45.2 Å². The Bertz CT molecular complexity index is 766. The number of hydrogen-bond acceptors (Lipinski definition) is 5. The average Bonchev–Trinajstić information content (AvgIpc) is 2.48. The lowest BCUT2D eigenvalue weighted by atomic mass is 10.1. The fourth-order valence-electron chi connectivity index (χ4n) is 1.85. The molecule has 1 saturated heterocycles. The van der Waals surface area contributed by atoms with Gasteiger partial charge in [-0.3, -0.25) is 19.8 Å². The minimum Gasteiger partial charge on any atom is -0.480 e. The summed E-state index contributed by atoms with van der Waals surface area (Å²) in [7, 11) is 1.27. The molecular formula is C14H10I2N2O6. The second-order valence-corrected chi connectivity index (χ2v) is 7.00. The molecule has 0 aliphatic carbocycles. The maximum Gasteiger partial charge on any atom is 0.341 e. The van der Waals surface area contributed by atoms with Crippen LogP contribution in [-0.2, 0) is 14.4 Å². The number of urea groups is 1. The van der Waals surface area contributed by atoms with E-state index in [0.29, 0.717) is 18.5 Å². The number of halogens is 2. The van der Waals surface area contributed by atoms with Crippen molar-refractivity contribution in [2.75, 3.05) is 13.7 Å². The molecule has 1 aliphatic heterocycles. The Kier molecular flexibility index (Phi) is 5.79. The van der Waals surface area contributed by atoms with Gasteiger partial charge in [0.15, 0.2) is 6.61 Å². The van der Waals surface area contributed by atoms with Gasteiger partial charge in [-0.25, -0.2) is 9.59 Å². The van der Waals surface area contributed by atoms with Gasteiger partial charge in [0.05, 0.1) is 7.14 Å².